The molecule has 4 rings (SSSR count). The Balaban J connectivity index is 1.83. The maximum Gasteiger partial charge on any atom is 0.296 e. The van der Waals surface area contributed by atoms with Crippen molar-refractivity contribution < 1.29 is 14.6 Å². The zero-order chi connectivity index (χ0) is 19.8. The summed E-state index contributed by atoms with van der Waals surface area (Å²) in [6.45, 7) is 2.25. The lowest BCUT2D eigenvalue weighted by molar-refractivity contribution is -0.384. The highest BCUT2D eigenvalue weighted by molar-refractivity contribution is 5.73. The van der Waals surface area contributed by atoms with Gasteiger partial charge in [-0.3, -0.25) is 20.2 Å². The largest absolute Gasteiger partial charge is 0.494 e. The number of rotatable bonds is 5. The van der Waals surface area contributed by atoms with Crippen LogP contribution in [0.1, 0.15) is 36.4 Å². The van der Waals surface area contributed by atoms with Gasteiger partial charge in [-0.2, -0.15) is 0 Å². The Morgan fingerprint density at radius 2 is 2.00 bits per heavy atom. The van der Waals surface area contributed by atoms with E-state index in [0.717, 1.165) is 17.5 Å². The van der Waals surface area contributed by atoms with Crippen molar-refractivity contribution in [2.45, 2.75) is 25.3 Å². The average Bonchev–Trinajstić information content (AvgIpc) is 3.17. The Bertz CT molecular complexity index is 988. The number of non-ortho nitro benzene ring substituents is 1. The standard InChI is InChI=1S/C20H19N3O5/c1-2-28-14-10-17-15-7-4-8-16(15)19(21-20(17)18(11-14)23(26)27)12-5-3-6-13(9-12)22(24)25/h3-7,9-11,15-16,19,21H,2,8H2,1H3. The summed E-state index contributed by atoms with van der Waals surface area (Å²) >= 11 is 0. The molecule has 8 nitrogen and oxygen atoms in total. The zero-order valence-electron chi connectivity index (χ0n) is 15.2. The first-order chi connectivity index (χ1) is 13.5. The third-order valence-corrected chi connectivity index (χ3v) is 5.37. The third kappa shape index (κ3) is 2.96. The normalized spacial score (nSPS) is 22.1. The van der Waals surface area contributed by atoms with E-state index in [2.05, 4.69) is 17.5 Å². The number of nitrogens with zero attached hydrogens (tertiary/aromatic N) is 2. The molecule has 0 bridgehead atoms. The molecule has 0 spiro atoms. The van der Waals surface area contributed by atoms with Crippen LogP contribution in [0.25, 0.3) is 0 Å². The van der Waals surface area contributed by atoms with Gasteiger partial charge in [-0.05, 0) is 36.5 Å². The van der Waals surface area contributed by atoms with Crippen LogP contribution in [0.4, 0.5) is 17.1 Å². The maximum atomic E-state index is 11.7. The fraction of sp³-hybridized carbons (Fsp3) is 0.300. The fourth-order valence-electron chi connectivity index (χ4n) is 4.21. The van der Waals surface area contributed by atoms with E-state index in [4.69, 9.17) is 4.74 Å². The van der Waals surface area contributed by atoms with Crippen molar-refractivity contribution in [1.29, 1.82) is 0 Å². The van der Waals surface area contributed by atoms with Gasteiger partial charge < -0.3 is 10.1 Å². The van der Waals surface area contributed by atoms with Crippen LogP contribution < -0.4 is 10.1 Å². The maximum absolute atomic E-state index is 11.7. The smallest absolute Gasteiger partial charge is 0.296 e. The lowest BCUT2D eigenvalue weighted by Gasteiger charge is -2.37. The van der Waals surface area contributed by atoms with Gasteiger partial charge in [0.25, 0.3) is 11.4 Å². The SMILES string of the molecule is CCOc1cc2c(c([N+](=O)[O-])c1)NC(c1cccc([N+](=O)[O-])c1)C1CC=CC21. The highest BCUT2D eigenvalue weighted by Crippen LogP contribution is 2.53. The number of benzene rings is 2. The van der Waals surface area contributed by atoms with Gasteiger partial charge in [0, 0.05) is 18.1 Å². The molecule has 144 valence electrons. The second-order valence-corrected chi connectivity index (χ2v) is 6.92. The number of fused-ring (bicyclic) bond motifs is 3. The van der Waals surface area contributed by atoms with Crippen LogP contribution in [-0.2, 0) is 0 Å². The summed E-state index contributed by atoms with van der Waals surface area (Å²) in [5, 5.41) is 26.2. The highest BCUT2D eigenvalue weighted by Gasteiger charge is 2.41. The Morgan fingerprint density at radius 1 is 1.18 bits per heavy atom. The molecule has 1 N–H and O–H groups in total. The van der Waals surface area contributed by atoms with Gasteiger partial charge in [-0.25, -0.2) is 0 Å². The van der Waals surface area contributed by atoms with E-state index in [9.17, 15) is 20.2 Å². The van der Waals surface area contributed by atoms with Crippen molar-refractivity contribution in [1.82, 2.24) is 0 Å². The summed E-state index contributed by atoms with van der Waals surface area (Å²) in [6.07, 6.45) is 4.92. The number of nitro benzene ring substituents is 2. The number of nitro groups is 2. The predicted octanol–water partition coefficient (Wildman–Crippen LogP) is 4.73. The van der Waals surface area contributed by atoms with Crippen molar-refractivity contribution in [2.24, 2.45) is 5.92 Å². The molecule has 2 aliphatic rings. The lowest BCUT2D eigenvalue weighted by Crippen LogP contribution is -2.29. The number of ether oxygens (including phenoxy) is 1. The quantitative estimate of drug-likeness (QED) is 0.456. The highest BCUT2D eigenvalue weighted by atomic mass is 16.6. The van der Waals surface area contributed by atoms with E-state index in [1.54, 1.807) is 12.1 Å². The first-order valence-electron chi connectivity index (χ1n) is 9.12. The third-order valence-electron chi connectivity index (χ3n) is 5.37. The van der Waals surface area contributed by atoms with Gasteiger partial charge in [0.15, 0.2) is 0 Å². The molecule has 28 heavy (non-hydrogen) atoms. The molecule has 3 unspecified atom stereocenters. The van der Waals surface area contributed by atoms with Crippen molar-refractivity contribution >= 4 is 17.1 Å². The predicted molar refractivity (Wildman–Crippen MR) is 104 cm³/mol. The second-order valence-electron chi connectivity index (χ2n) is 6.92. The van der Waals surface area contributed by atoms with Crippen molar-refractivity contribution in [3.05, 3.63) is 79.9 Å². The Morgan fingerprint density at radius 3 is 2.71 bits per heavy atom. The summed E-state index contributed by atoms with van der Waals surface area (Å²) in [4.78, 5) is 22.0. The molecule has 0 amide bonds. The zero-order valence-corrected chi connectivity index (χ0v) is 15.2. The molecule has 2 aromatic carbocycles. The van der Waals surface area contributed by atoms with Crippen LogP contribution in [0.2, 0.25) is 0 Å². The molecular formula is C20H19N3O5. The second kappa shape index (κ2) is 6.95. The molecule has 1 aliphatic heterocycles. The van der Waals surface area contributed by atoms with Crippen LogP contribution >= 0.6 is 0 Å². The molecule has 0 aromatic heterocycles. The van der Waals surface area contributed by atoms with Gasteiger partial charge in [0.2, 0.25) is 0 Å². The minimum Gasteiger partial charge on any atom is -0.494 e. The molecule has 0 saturated carbocycles. The number of hydrogen-bond donors (Lipinski definition) is 1. The molecule has 8 heteroatoms. The Kier molecular flexibility index (Phi) is 4.46. The molecule has 1 heterocycles. The summed E-state index contributed by atoms with van der Waals surface area (Å²) in [6, 6.07) is 9.48. The van der Waals surface area contributed by atoms with Gasteiger partial charge in [-0.1, -0.05) is 24.3 Å². The molecule has 1 aliphatic carbocycles. The van der Waals surface area contributed by atoms with Gasteiger partial charge in [-0.15, -0.1) is 0 Å². The summed E-state index contributed by atoms with van der Waals surface area (Å²) in [5.74, 6) is 0.577. The molecule has 0 saturated heterocycles. The number of allylic oxidation sites excluding steroid dienone is 2. The van der Waals surface area contributed by atoms with E-state index in [-0.39, 0.29) is 29.3 Å². The molecule has 3 atom stereocenters. The van der Waals surface area contributed by atoms with Crippen LogP contribution in [0, 0.1) is 26.1 Å². The Hall–Kier alpha value is -3.42. The van der Waals surface area contributed by atoms with Crippen molar-refractivity contribution in [3.63, 3.8) is 0 Å². The number of hydrogen-bond acceptors (Lipinski definition) is 6. The molecule has 0 radical (unpaired) electrons. The van der Waals surface area contributed by atoms with E-state index in [0.29, 0.717) is 18.0 Å². The van der Waals surface area contributed by atoms with Crippen LogP contribution in [0.5, 0.6) is 5.75 Å². The molecular weight excluding hydrogens is 362 g/mol. The van der Waals surface area contributed by atoms with Crippen LogP contribution in [0.3, 0.4) is 0 Å². The van der Waals surface area contributed by atoms with Gasteiger partial charge >= 0.3 is 0 Å². The minimum atomic E-state index is -0.429. The average molecular weight is 381 g/mol. The van der Waals surface area contributed by atoms with Gasteiger partial charge in [0.1, 0.15) is 11.4 Å². The minimum absolute atomic E-state index is 0.00814. The summed E-state index contributed by atoms with van der Waals surface area (Å²) < 4.78 is 5.53. The van der Waals surface area contributed by atoms with Crippen LogP contribution in [0.15, 0.2) is 48.6 Å². The monoisotopic (exact) mass is 381 g/mol. The first-order valence-corrected chi connectivity index (χ1v) is 9.12. The van der Waals surface area contributed by atoms with E-state index >= 15 is 0 Å². The van der Waals surface area contributed by atoms with Gasteiger partial charge in [0.05, 0.1) is 28.6 Å². The van der Waals surface area contributed by atoms with E-state index < -0.39 is 9.85 Å². The molecule has 0 fully saturated rings. The first kappa shape index (κ1) is 18.0. The topological polar surface area (TPSA) is 108 Å². The lowest BCUT2D eigenvalue weighted by atomic mass is 9.76. The van der Waals surface area contributed by atoms with E-state index in [1.165, 1.54) is 12.1 Å². The summed E-state index contributed by atoms with van der Waals surface area (Å²) in [7, 11) is 0. The summed E-state index contributed by atoms with van der Waals surface area (Å²) in [5.41, 5.74) is 2.00. The van der Waals surface area contributed by atoms with Crippen molar-refractivity contribution in [2.75, 3.05) is 11.9 Å². The van der Waals surface area contributed by atoms with Crippen molar-refractivity contribution in [3.8, 4) is 5.75 Å². The fourth-order valence-corrected chi connectivity index (χ4v) is 4.21. The Labute approximate surface area is 161 Å². The van der Waals surface area contributed by atoms with E-state index in [1.807, 2.05) is 19.1 Å². The number of anilines is 1. The molecule has 2 aromatic rings. The van der Waals surface area contributed by atoms with Crippen LogP contribution in [-0.4, -0.2) is 16.5 Å². The number of nitrogens with one attached hydrogen (secondary N) is 1.